The first kappa shape index (κ1) is 29.2. The smallest absolute Gasteiger partial charge is 0.310 e. The SMILES string of the molecule is C[C@H](c1ccccc1)N(C1CCCCCCCCCCC1)p1oc2ccc3ccccc3c2c2c(ccc3ccccc32)o1. The third kappa shape index (κ3) is 6.06. The predicted molar refractivity (Wildman–Crippen MR) is 189 cm³/mol. The average Bonchev–Trinajstić information content (AvgIpc) is 3.23. The van der Waals surface area contributed by atoms with Crippen molar-refractivity contribution in [2.75, 3.05) is 4.67 Å². The standard InChI is InChI=1S/C40H44NO2P/c1-30(31-18-10-9-11-19-31)41(34-22-12-7-5-3-2-4-6-8-13-23-34)44-42-37-28-26-32-20-14-16-24-35(32)39(37)40-36-25-17-15-21-33(36)27-29-38(40)43-44/h9-11,14-21,24-30,34H,2-8,12-13,22-23H2,1H3/t30-/m1/s1. The van der Waals surface area contributed by atoms with Gasteiger partial charge in [0.05, 0.1) is 0 Å². The summed E-state index contributed by atoms with van der Waals surface area (Å²) in [5, 5.41) is 7.13. The first-order valence-corrected chi connectivity index (χ1v) is 17.9. The maximum Gasteiger partial charge on any atom is 0.310 e. The maximum absolute atomic E-state index is 7.20. The fourth-order valence-corrected chi connectivity index (χ4v) is 9.11. The van der Waals surface area contributed by atoms with Crippen LogP contribution in [0.1, 0.15) is 89.2 Å². The minimum atomic E-state index is -1.45. The van der Waals surface area contributed by atoms with Crippen molar-refractivity contribution in [3.63, 3.8) is 0 Å². The molecule has 0 radical (unpaired) electrons. The molecule has 6 aromatic rings. The molecule has 0 spiro atoms. The summed E-state index contributed by atoms with van der Waals surface area (Å²) in [5.74, 6) is 0. The Balaban J connectivity index is 1.48. The minimum absolute atomic E-state index is 0.158. The lowest BCUT2D eigenvalue weighted by Crippen LogP contribution is -2.35. The van der Waals surface area contributed by atoms with E-state index in [9.17, 15) is 0 Å². The molecule has 1 aromatic heterocycles. The molecule has 226 valence electrons. The van der Waals surface area contributed by atoms with E-state index in [-0.39, 0.29) is 6.04 Å². The first-order valence-electron chi connectivity index (χ1n) is 16.8. The molecule has 1 fully saturated rings. The Labute approximate surface area is 262 Å². The quantitative estimate of drug-likeness (QED) is 0.201. The van der Waals surface area contributed by atoms with Crippen LogP contribution < -0.4 is 4.67 Å². The molecule has 0 amide bonds. The van der Waals surface area contributed by atoms with E-state index in [2.05, 4.69) is 115 Å². The Morgan fingerprint density at radius 2 is 1.00 bits per heavy atom. The van der Waals surface area contributed by atoms with E-state index in [1.165, 1.54) is 97.7 Å². The van der Waals surface area contributed by atoms with Gasteiger partial charge in [-0.15, -0.1) is 0 Å². The molecule has 1 atom stereocenters. The Morgan fingerprint density at radius 3 is 1.52 bits per heavy atom. The molecule has 1 saturated carbocycles. The summed E-state index contributed by atoms with van der Waals surface area (Å²) in [4.78, 5) is 0. The monoisotopic (exact) mass is 601 g/mol. The summed E-state index contributed by atoms with van der Waals surface area (Å²) in [5.41, 5.74) is 3.15. The molecule has 5 aromatic carbocycles. The van der Waals surface area contributed by atoms with Crippen LogP contribution in [-0.4, -0.2) is 6.04 Å². The topological polar surface area (TPSA) is 29.5 Å². The van der Waals surface area contributed by atoms with Crippen LogP contribution in [0.4, 0.5) is 0 Å². The van der Waals surface area contributed by atoms with Crippen molar-refractivity contribution in [3.8, 4) is 0 Å². The van der Waals surface area contributed by atoms with Crippen LogP contribution in [0.3, 0.4) is 0 Å². The molecule has 0 unspecified atom stereocenters. The van der Waals surface area contributed by atoms with E-state index in [0.29, 0.717) is 6.04 Å². The lowest BCUT2D eigenvalue weighted by molar-refractivity contribution is 0.428. The summed E-state index contributed by atoms with van der Waals surface area (Å²) < 4.78 is 17.0. The van der Waals surface area contributed by atoms with E-state index >= 15 is 0 Å². The number of nitrogens with zero attached hydrogens (tertiary/aromatic N) is 1. The van der Waals surface area contributed by atoms with Gasteiger partial charge in [0.25, 0.3) is 0 Å². The molecule has 3 nitrogen and oxygen atoms in total. The second kappa shape index (κ2) is 13.6. The van der Waals surface area contributed by atoms with Gasteiger partial charge in [-0.2, -0.15) is 4.67 Å². The number of benzene rings is 5. The summed E-state index contributed by atoms with van der Waals surface area (Å²) in [6.45, 7) is 2.36. The summed E-state index contributed by atoms with van der Waals surface area (Å²) in [6.07, 6.45) is 14.4. The van der Waals surface area contributed by atoms with Crippen LogP contribution in [0.5, 0.6) is 0 Å². The normalized spacial score (nSPS) is 16.7. The van der Waals surface area contributed by atoms with Crippen LogP contribution in [-0.2, 0) is 0 Å². The van der Waals surface area contributed by atoms with Gasteiger partial charge < -0.3 is 8.39 Å². The fourth-order valence-electron chi connectivity index (χ4n) is 7.33. The minimum Gasteiger partial charge on any atom is -0.408 e. The fraction of sp³-hybridized carbons (Fsp3) is 0.350. The van der Waals surface area contributed by atoms with Gasteiger partial charge in [-0.25, -0.2) is 0 Å². The second-order valence-electron chi connectivity index (χ2n) is 12.6. The van der Waals surface area contributed by atoms with Gasteiger partial charge in [0, 0.05) is 22.9 Å². The van der Waals surface area contributed by atoms with Crippen molar-refractivity contribution in [3.05, 3.63) is 109 Å². The third-order valence-corrected chi connectivity index (χ3v) is 11.5. The zero-order chi connectivity index (χ0) is 29.7. The lowest BCUT2D eigenvalue weighted by atomic mass is 9.96. The molecular weight excluding hydrogens is 557 g/mol. The first-order chi connectivity index (χ1) is 21.8. The van der Waals surface area contributed by atoms with Gasteiger partial charge in [0.2, 0.25) is 0 Å². The number of rotatable bonds is 4. The Morgan fingerprint density at radius 1 is 0.545 bits per heavy atom. The lowest BCUT2D eigenvalue weighted by Gasteiger charge is -2.34. The van der Waals surface area contributed by atoms with Crippen LogP contribution in [0.2, 0.25) is 0 Å². The van der Waals surface area contributed by atoms with Crippen LogP contribution >= 0.6 is 8.16 Å². The van der Waals surface area contributed by atoms with Crippen molar-refractivity contribution >= 4 is 51.6 Å². The predicted octanol–water partition coefficient (Wildman–Crippen LogP) is 13.0. The highest BCUT2D eigenvalue weighted by molar-refractivity contribution is 7.39. The third-order valence-electron chi connectivity index (χ3n) is 9.70. The highest BCUT2D eigenvalue weighted by Crippen LogP contribution is 2.46. The number of fused-ring (bicyclic) bond motifs is 7. The number of hydrogen-bond acceptors (Lipinski definition) is 3. The van der Waals surface area contributed by atoms with E-state index in [1.54, 1.807) is 0 Å². The van der Waals surface area contributed by atoms with E-state index in [4.69, 9.17) is 8.39 Å². The largest absolute Gasteiger partial charge is 0.408 e. The van der Waals surface area contributed by atoms with Crippen LogP contribution in [0.25, 0.3) is 43.5 Å². The summed E-state index contributed by atoms with van der Waals surface area (Å²) in [7, 11) is -1.45. The molecule has 4 heteroatoms. The molecule has 0 saturated heterocycles. The zero-order valence-corrected chi connectivity index (χ0v) is 26.9. The van der Waals surface area contributed by atoms with Crippen molar-refractivity contribution in [2.45, 2.75) is 89.6 Å². The van der Waals surface area contributed by atoms with Crippen LogP contribution in [0.15, 0.2) is 112 Å². The van der Waals surface area contributed by atoms with Gasteiger partial charge in [0.15, 0.2) is 0 Å². The Kier molecular flexibility index (Phi) is 9.05. The molecule has 1 aliphatic carbocycles. The summed E-state index contributed by atoms with van der Waals surface area (Å²) in [6, 6.07) is 37.7. The molecule has 1 heterocycles. The molecule has 44 heavy (non-hydrogen) atoms. The summed E-state index contributed by atoms with van der Waals surface area (Å²) >= 11 is 0. The van der Waals surface area contributed by atoms with Crippen molar-refractivity contribution in [2.24, 2.45) is 0 Å². The van der Waals surface area contributed by atoms with Gasteiger partial charge in [0.1, 0.15) is 11.2 Å². The van der Waals surface area contributed by atoms with E-state index in [0.717, 1.165) is 21.9 Å². The molecule has 0 aliphatic heterocycles. The zero-order valence-electron chi connectivity index (χ0n) is 26.0. The second-order valence-corrected chi connectivity index (χ2v) is 13.9. The molecule has 0 bridgehead atoms. The highest BCUT2D eigenvalue weighted by Gasteiger charge is 2.30. The molecule has 0 N–H and O–H groups in total. The Bertz CT molecular complexity index is 1790. The Hall–Kier alpha value is -3.52. The average molecular weight is 602 g/mol. The molecule has 7 rings (SSSR count). The van der Waals surface area contributed by atoms with Gasteiger partial charge in [-0.1, -0.05) is 149 Å². The van der Waals surface area contributed by atoms with E-state index in [1.807, 2.05) is 0 Å². The van der Waals surface area contributed by atoms with Gasteiger partial charge >= 0.3 is 8.16 Å². The maximum atomic E-state index is 7.20. The number of hydrogen-bond donors (Lipinski definition) is 0. The van der Waals surface area contributed by atoms with Gasteiger partial charge in [-0.05, 0) is 59.0 Å². The highest BCUT2D eigenvalue weighted by atomic mass is 31.1. The molecular formula is C40H44NO2P. The van der Waals surface area contributed by atoms with E-state index < -0.39 is 8.16 Å². The van der Waals surface area contributed by atoms with Crippen LogP contribution in [0, 0.1) is 0 Å². The molecule has 1 aliphatic rings. The van der Waals surface area contributed by atoms with Gasteiger partial charge in [-0.3, -0.25) is 0 Å². The van der Waals surface area contributed by atoms with Crippen molar-refractivity contribution < 1.29 is 8.39 Å². The van der Waals surface area contributed by atoms with Crippen molar-refractivity contribution in [1.29, 1.82) is 0 Å². The van der Waals surface area contributed by atoms with Crippen molar-refractivity contribution in [1.82, 2.24) is 0 Å².